The van der Waals surface area contributed by atoms with Crippen molar-refractivity contribution >= 4 is 11.8 Å². The highest BCUT2D eigenvalue weighted by Crippen LogP contribution is 2.04. The molecule has 0 atom stereocenters. The molecule has 0 heterocycles. The molecule has 0 radical (unpaired) electrons. The first-order chi connectivity index (χ1) is 7.02. The highest BCUT2D eigenvalue weighted by Gasteiger charge is 2.18. The number of methoxy groups -OCH3 is 2. The van der Waals surface area contributed by atoms with Crippen LogP contribution in [0.2, 0.25) is 0 Å². The van der Waals surface area contributed by atoms with Gasteiger partial charge in [-0.1, -0.05) is 0 Å². The molecule has 0 bridgehead atoms. The van der Waals surface area contributed by atoms with Crippen LogP contribution in [0.15, 0.2) is 11.8 Å². The van der Waals surface area contributed by atoms with E-state index in [9.17, 15) is 9.59 Å². The molecular weight excluding hydrogens is 198 g/mol. The lowest BCUT2D eigenvalue weighted by molar-refractivity contribution is -0.138. The van der Waals surface area contributed by atoms with Gasteiger partial charge in [-0.15, -0.1) is 0 Å². The Labute approximate surface area is 89.6 Å². The van der Waals surface area contributed by atoms with Gasteiger partial charge in [-0.2, -0.15) is 0 Å². The Hall–Kier alpha value is -1.36. The Morgan fingerprint density at radius 3 is 2.27 bits per heavy atom. The third kappa shape index (κ3) is 5.17. The van der Waals surface area contributed by atoms with Crippen molar-refractivity contribution in [3.63, 3.8) is 0 Å². The number of hydrogen-bond acceptors (Lipinski definition) is 5. The molecule has 0 aromatic heterocycles. The molecule has 0 fully saturated rings. The predicted molar refractivity (Wildman–Crippen MR) is 55.3 cm³/mol. The molecule has 0 unspecified atom stereocenters. The highest BCUT2D eigenvalue weighted by atomic mass is 16.5. The van der Waals surface area contributed by atoms with Crippen molar-refractivity contribution in [2.45, 2.75) is 6.42 Å². The second kappa shape index (κ2) is 7.00. The van der Waals surface area contributed by atoms with Crippen LogP contribution < -0.4 is 0 Å². The van der Waals surface area contributed by atoms with E-state index in [-0.39, 0.29) is 17.8 Å². The largest absolute Gasteiger partial charge is 0.465 e. The second-order valence-electron chi connectivity index (χ2n) is 3.16. The second-order valence-corrected chi connectivity index (χ2v) is 3.16. The minimum Gasteiger partial charge on any atom is -0.465 e. The van der Waals surface area contributed by atoms with E-state index in [1.54, 1.807) is 19.0 Å². The Bertz CT molecular complexity index is 258. The van der Waals surface area contributed by atoms with E-state index >= 15 is 0 Å². The third-order valence-electron chi connectivity index (χ3n) is 1.63. The summed E-state index contributed by atoms with van der Waals surface area (Å²) in [5.41, 5.74) is 0.0413. The molecule has 0 aliphatic heterocycles. The fourth-order valence-corrected chi connectivity index (χ4v) is 0.936. The maximum Gasteiger partial charge on any atom is 0.342 e. The summed E-state index contributed by atoms with van der Waals surface area (Å²) < 4.78 is 9.29. The Morgan fingerprint density at radius 2 is 1.87 bits per heavy atom. The first-order valence-electron chi connectivity index (χ1n) is 4.51. The van der Waals surface area contributed by atoms with Gasteiger partial charge in [-0.3, -0.25) is 4.79 Å². The van der Waals surface area contributed by atoms with Gasteiger partial charge in [0.05, 0.1) is 13.7 Å². The first-order valence-corrected chi connectivity index (χ1v) is 4.51. The number of esters is 1. The van der Waals surface area contributed by atoms with Gasteiger partial charge in [-0.25, -0.2) is 4.79 Å². The standard InChI is InChI=1S/C10H17NO4/c1-11(2)7-8(10(13)15-4)9(12)5-6-14-3/h7H,5-6H2,1-4H3/b8-7+. The number of Topliss-reactive ketones (excluding diaryl/α,β-unsaturated/α-hetero) is 1. The molecule has 0 aromatic rings. The van der Waals surface area contributed by atoms with Gasteiger partial charge < -0.3 is 14.4 Å². The van der Waals surface area contributed by atoms with E-state index in [2.05, 4.69) is 4.74 Å². The van der Waals surface area contributed by atoms with Crippen LogP contribution in [0.3, 0.4) is 0 Å². The summed E-state index contributed by atoms with van der Waals surface area (Å²) in [5.74, 6) is -0.901. The zero-order valence-electron chi connectivity index (χ0n) is 9.57. The SMILES string of the molecule is COCCC(=O)/C(=C\N(C)C)C(=O)OC. The van der Waals surface area contributed by atoms with Crippen molar-refractivity contribution in [3.8, 4) is 0 Å². The predicted octanol–water partition coefficient (Wildman–Crippen LogP) is 0.210. The molecule has 0 aliphatic rings. The van der Waals surface area contributed by atoms with E-state index in [1.807, 2.05) is 0 Å². The van der Waals surface area contributed by atoms with Gasteiger partial charge in [0.1, 0.15) is 5.57 Å². The topological polar surface area (TPSA) is 55.8 Å². The van der Waals surface area contributed by atoms with Gasteiger partial charge in [0.2, 0.25) is 0 Å². The van der Waals surface area contributed by atoms with Crippen molar-refractivity contribution in [2.75, 3.05) is 34.9 Å². The molecule has 15 heavy (non-hydrogen) atoms. The summed E-state index contributed by atoms with van der Waals surface area (Å²) in [6.07, 6.45) is 1.62. The average molecular weight is 215 g/mol. The monoisotopic (exact) mass is 215 g/mol. The fraction of sp³-hybridized carbons (Fsp3) is 0.600. The van der Waals surface area contributed by atoms with Gasteiger partial charge >= 0.3 is 5.97 Å². The summed E-state index contributed by atoms with van der Waals surface area (Å²) in [6.45, 7) is 0.292. The molecule has 0 N–H and O–H groups in total. The number of ketones is 1. The van der Waals surface area contributed by atoms with Crippen molar-refractivity contribution < 1.29 is 19.1 Å². The highest BCUT2D eigenvalue weighted by molar-refractivity contribution is 6.17. The summed E-state index contributed by atoms with van der Waals surface area (Å²) in [5, 5.41) is 0. The fourth-order valence-electron chi connectivity index (χ4n) is 0.936. The zero-order chi connectivity index (χ0) is 11.8. The van der Waals surface area contributed by atoms with Crippen LogP contribution in [-0.4, -0.2) is 51.6 Å². The molecule has 0 rings (SSSR count). The minimum absolute atomic E-state index is 0.0413. The molecule has 0 spiro atoms. The lowest BCUT2D eigenvalue weighted by atomic mass is 10.1. The molecule has 5 heteroatoms. The molecular formula is C10H17NO4. The summed E-state index contributed by atoms with van der Waals surface area (Å²) in [6, 6.07) is 0. The van der Waals surface area contributed by atoms with Crippen molar-refractivity contribution in [1.29, 1.82) is 0 Å². The molecule has 5 nitrogen and oxygen atoms in total. The Morgan fingerprint density at radius 1 is 1.27 bits per heavy atom. The molecule has 86 valence electrons. The number of carbonyl (C=O) groups excluding carboxylic acids is 2. The number of ether oxygens (including phenoxy) is 2. The quantitative estimate of drug-likeness (QED) is 0.274. The normalized spacial score (nSPS) is 11.1. The van der Waals surface area contributed by atoms with E-state index in [4.69, 9.17) is 4.74 Å². The van der Waals surface area contributed by atoms with Crippen LogP contribution in [0, 0.1) is 0 Å². The molecule has 0 saturated carbocycles. The smallest absolute Gasteiger partial charge is 0.342 e. The summed E-state index contributed by atoms with van der Waals surface area (Å²) >= 11 is 0. The van der Waals surface area contributed by atoms with E-state index in [0.717, 1.165) is 0 Å². The number of hydrogen-bond donors (Lipinski definition) is 0. The number of rotatable bonds is 6. The van der Waals surface area contributed by atoms with Gasteiger partial charge in [0.15, 0.2) is 5.78 Å². The van der Waals surface area contributed by atoms with Crippen LogP contribution in [0.25, 0.3) is 0 Å². The van der Waals surface area contributed by atoms with E-state index < -0.39 is 5.97 Å². The van der Waals surface area contributed by atoms with E-state index in [0.29, 0.717) is 6.61 Å². The molecule has 0 aliphatic carbocycles. The van der Waals surface area contributed by atoms with Crippen molar-refractivity contribution in [1.82, 2.24) is 4.90 Å². The van der Waals surface area contributed by atoms with Gasteiger partial charge in [0.25, 0.3) is 0 Å². The van der Waals surface area contributed by atoms with Gasteiger partial charge in [0, 0.05) is 33.8 Å². The van der Waals surface area contributed by atoms with E-state index in [1.165, 1.54) is 20.4 Å². The van der Waals surface area contributed by atoms with Crippen LogP contribution >= 0.6 is 0 Å². The Balaban J connectivity index is 4.64. The van der Waals surface area contributed by atoms with Crippen molar-refractivity contribution in [3.05, 3.63) is 11.8 Å². The van der Waals surface area contributed by atoms with Crippen LogP contribution in [0.5, 0.6) is 0 Å². The lowest BCUT2D eigenvalue weighted by Crippen LogP contribution is -2.19. The summed E-state index contributed by atoms with van der Waals surface area (Å²) in [4.78, 5) is 24.5. The van der Waals surface area contributed by atoms with Crippen LogP contribution in [0.4, 0.5) is 0 Å². The first kappa shape index (κ1) is 13.6. The van der Waals surface area contributed by atoms with Gasteiger partial charge in [-0.05, 0) is 0 Å². The maximum atomic E-state index is 11.6. The number of carbonyl (C=O) groups is 2. The number of nitrogens with zero attached hydrogens (tertiary/aromatic N) is 1. The Kier molecular flexibility index (Phi) is 6.37. The summed E-state index contributed by atoms with van der Waals surface area (Å²) in [7, 11) is 6.20. The molecule has 0 aromatic carbocycles. The maximum absolute atomic E-state index is 11.6. The van der Waals surface area contributed by atoms with Crippen molar-refractivity contribution in [2.24, 2.45) is 0 Å². The lowest BCUT2D eigenvalue weighted by Gasteiger charge is -2.09. The molecule has 0 saturated heterocycles. The average Bonchev–Trinajstić information content (AvgIpc) is 2.21. The van der Waals surface area contributed by atoms with Crippen LogP contribution in [0.1, 0.15) is 6.42 Å². The molecule has 0 amide bonds. The minimum atomic E-state index is -0.621. The zero-order valence-corrected chi connectivity index (χ0v) is 9.57. The van der Waals surface area contributed by atoms with Crippen LogP contribution in [-0.2, 0) is 19.1 Å². The third-order valence-corrected chi connectivity index (χ3v) is 1.63.